The second-order valence-corrected chi connectivity index (χ2v) is 8.92. The maximum atomic E-state index is 13.3. The first kappa shape index (κ1) is 22.6. The Kier molecular flexibility index (Phi) is 5.99. The number of thiophene rings is 1. The summed E-state index contributed by atoms with van der Waals surface area (Å²) >= 11 is 1.45. The van der Waals surface area contributed by atoms with Crippen LogP contribution in [-0.4, -0.2) is 31.0 Å². The number of aryl methyl sites for hydroxylation is 3. The SMILES string of the molecule is COc1ccc(N2C(=O)C(=O)/C(=C(/O)c3cc(C)c(OC)cc3C)C2c2sccc2C)cc1. The molecule has 2 heterocycles. The second-order valence-electron chi connectivity index (χ2n) is 7.97. The summed E-state index contributed by atoms with van der Waals surface area (Å²) in [6, 6.07) is 11.8. The molecule has 1 aliphatic heterocycles. The van der Waals surface area contributed by atoms with Crippen LogP contribution in [-0.2, 0) is 9.59 Å². The fraction of sp³-hybridized carbons (Fsp3) is 0.231. The number of ether oxygens (including phenoxy) is 2. The molecule has 0 spiro atoms. The molecule has 4 rings (SSSR count). The summed E-state index contributed by atoms with van der Waals surface area (Å²) in [6.07, 6.45) is 0. The van der Waals surface area contributed by atoms with Crippen molar-refractivity contribution in [3.63, 3.8) is 0 Å². The minimum absolute atomic E-state index is 0.0778. The van der Waals surface area contributed by atoms with Crippen LogP contribution < -0.4 is 14.4 Å². The lowest BCUT2D eigenvalue weighted by Crippen LogP contribution is -2.29. The van der Waals surface area contributed by atoms with Gasteiger partial charge in [-0.25, -0.2) is 0 Å². The Labute approximate surface area is 196 Å². The van der Waals surface area contributed by atoms with E-state index in [1.807, 2.05) is 38.3 Å². The zero-order valence-electron chi connectivity index (χ0n) is 19.1. The average Bonchev–Trinajstić information content (AvgIpc) is 3.35. The number of methoxy groups -OCH3 is 2. The van der Waals surface area contributed by atoms with Crippen LogP contribution in [0, 0.1) is 20.8 Å². The van der Waals surface area contributed by atoms with E-state index in [0.717, 1.165) is 21.6 Å². The summed E-state index contributed by atoms with van der Waals surface area (Å²) in [4.78, 5) is 28.9. The van der Waals surface area contributed by atoms with Gasteiger partial charge in [-0.05, 0) is 85.3 Å². The predicted octanol–water partition coefficient (Wildman–Crippen LogP) is 5.32. The molecule has 0 aliphatic carbocycles. The van der Waals surface area contributed by atoms with Gasteiger partial charge in [-0.3, -0.25) is 14.5 Å². The quantitative estimate of drug-likeness (QED) is 0.315. The first-order valence-corrected chi connectivity index (χ1v) is 11.3. The summed E-state index contributed by atoms with van der Waals surface area (Å²) in [6.45, 7) is 5.64. The van der Waals surface area contributed by atoms with Crippen molar-refractivity contribution in [3.8, 4) is 11.5 Å². The third kappa shape index (κ3) is 3.78. The number of rotatable bonds is 5. The smallest absolute Gasteiger partial charge is 0.300 e. The maximum Gasteiger partial charge on any atom is 0.300 e. The van der Waals surface area contributed by atoms with Gasteiger partial charge in [0.05, 0.1) is 19.8 Å². The van der Waals surface area contributed by atoms with Crippen molar-refractivity contribution in [2.75, 3.05) is 19.1 Å². The Morgan fingerprint density at radius 2 is 1.64 bits per heavy atom. The van der Waals surface area contributed by atoms with Crippen LogP contribution >= 0.6 is 11.3 Å². The average molecular weight is 464 g/mol. The summed E-state index contributed by atoms with van der Waals surface area (Å²) in [5, 5.41) is 13.3. The molecule has 1 N–H and O–H groups in total. The standard InChI is InChI=1S/C26H25NO5S/c1-14-10-11-33-25(14)22-21(23(28)19-12-16(3)20(32-5)13-15(19)2)24(29)26(30)27(22)17-6-8-18(31-4)9-7-17/h6-13,22,28H,1-5H3/b23-21+. The van der Waals surface area contributed by atoms with Crippen LogP contribution in [0.1, 0.15) is 33.2 Å². The number of nitrogens with zero attached hydrogens (tertiary/aromatic N) is 1. The van der Waals surface area contributed by atoms with Crippen LogP contribution in [0.25, 0.3) is 5.76 Å². The highest BCUT2D eigenvalue weighted by Gasteiger charge is 2.48. The van der Waals surface area contributed by atoms with Gasteiger partial charge in [0.25, 0.3) is 11.7 Å². The van der Waals surface area contributed by atoms with E-state index in [2.05, 4.69) is 0 Å². The molecule has 1 atom stereocenters. The Morgan fingerprint density at radius 1 is 0.939 bits per heavy atom. The molecule has 7 heteroatoms. The lowest BCUT2D eigenvalue weighted by Gasteiger charge is -2.25. The van der Waals surface area contributed by atoms with E-state index < -0.39 is 17.7 Å². The van der Waals surface area contributed by atoms with Gasteiger partial charge in [-0.2, -0.15) is 0 Å². The largest absolute Gasteiger partial charge is 0.507 e. The molecular weight excluding hydrogens is 438 g/mol. The molecule has 1 fully saturated rings. The first-order chi connectivity index (χ1) is 15.8. The molecule has 6 nitrogen and oxygen atoms in total. The van der Waals surface area contributed by atoms with E-state index in [9.17, 15) is 14.7 Å². The molecule has 33 heavy (non-hydrogen) atoms. The number of benzene rings is 2. The van der Waals surface area contributed by atoms with E-state index in [1.165, 1.54) is 16.2 Å². The highest BCUT2D eigenvalue weighted by molar-refractivity contribution is 7.10. The van der Waals surface area contributed by atoms with Crippen molar-refractivity contribution < 1.29 is 24.2 Å². The number of carbonyl (C=O) groups excluding carboxylic acids is 2. The monoisotopic (exact) mass is 463 g/mol. The van der Waals surface area contributed by atoms with Crippen molar-refractivity contribution in [1.29, 1.82) is 0 Å². The van der Waals surface area contributed by atoms with E-state index in [1.54, 1.807) is 44.6 Å². The van der Waals surface area contributed by atoms with E-state index in [4.69, 9.17) is 9.47 Å². The molecule has 0 saturated carbocycles. The van der Waals surface area contributed by atoms with Gasteiger partial charge >= 0.3 is 0 Å². The van der Waals surface area contributed by atoms with E-state index in [-0.39, 0.29) is 11.3 Å². The molecule has 0 radical (unpaired) electrons. The number of amides is 1. The summed E-state index contributed by atoms with van der Waals surface area (Å²) < 4.78 is 10.6. The number of anilines is 1. The summed E-state index contributed by atoms with van der Waals surface area (Å²) in [5.74, 6) is -0.251. The molecule has 1 aliphatic rings. The first-order valence-electron chi connectivity index (χ1n) is 10.4. The number of hydrogen-bond donors (Lipinski definition) is 1. The topological polar surface area (TPSA) is 76.1 Å². The number of Topliss-reactive ketones (excluding diaryl/α,β-unsaturated/α-hetero) is 1. The molecule has 1 saturated heterocycles. The molecular formula is C26H25NO5S. The van der Waals surface area contributed by atoms with Gasteiger partial charge in [-0.1, -0.05) is 0 Å². The molecule has 1 unspecified atom stereocenters. The number of ketones is 1. The van der Waals surface area contributed by atoms with Gasteiger partial charge in [0, 0.05) is 16.1 Å². The highest BCUT2D eigenvalue weighted by atomic mass is 32.1. The van der Waals surface area contributed by atoms with Crippen LogP contribution in [0.5, 0.6) is 11.5 Å². The van der Waals surface area contributed by atoms with Crippen molar-refractivity contribution in [3.05, 3.63) is 80.5 Å². The molecule has 2 aromatic carbocycles. The Hall–Kier alpha value is -3.58. The van der Waals surface area contributed by atoms with Gasteiger partial charge in [0.1, 0.15) is 23.3 Å². The van der Waals surface area contributed by atoms with Crippen LogP contribution in [0.4, 0.5) is 5.69 Å². The number of carbonyl (C=O) groups is 2. The maximum absolute atomic E-state index is 13.3. The van der Waals surface area contributed by atoms with Gasteiger partial charge < -0.3 is 14.6 Å². The number of hydrogen-bond acceptors (Lipinski definition) is 6. The molecule has 3 aromatic rings. The van der Waals surface area contributed by atoms with Gasteiger partial charge in [-0.15, -0.1) is 11.3 Å². The van der Waals surface area contributed by atoms with Crippen LogP contribution in [0.3, 0.4) is 0 Å². The van der Waals surface area contributed by atoms with Crippen molar-refractivity contribution in [1.82, 2.24) is 0 Å². The zero-order chi connectivity index (χ0) is 23.9. The van der Waals surface area contributed by atoms with Crippen LogP contribution in [0.2, 0.25) is 0 Å². The second kappa shape index (κ2) is 8.75. The minimum atomic E-state index is -0.736. The zero-order valence-corrected chi connectivity index (χ0v) is 19.9. The highest BCUT2D eigenvalue weighted by Crippen LogP contribution is 2.45. The van der Waals surface area contributed by atoms with Gasteiger partial charge in [0.15, 0.2) is 0 Å². The lowest BCUT2D eigenvalue weighted by atomic mass is 9.95. The van der Waals surface area contributed by atoms with Crippen molar-refractivity contribution in [2.24, 2.45) is 0 Å². The minimum Gasteiger partial charge on any atom is -0.507 e. The third-order valence-electron chi connectivity index (χ3n) is 5.94. The normalized spacial score (nSPS) is 17.5. The molecule has 1 aromatic heterocycles. The lowest BCUT2D eigenvalue weighted by molar-refractivity contribution is -0.132. The Bertz CT molecular complexity index is 1270. The Balaban J connectivity index is 1.95. The number of aliphatic hydroxyl groups excluding tert-OH is 1. The fourth-order valence-electron chi connectivity index (χ4n) is 4.16. The van der Waals surface area contributed by atoms with E-state index >= 15 is 0 Å². The number of aliphatic hydroxyl groups is 1. The van der Waals surface area contributed by atoms with Crippen molar-refractivity contribution >= 4 is 34.5 Å². The Morgan fingerprint density at radius 3 is 2.21 bits per heavy atom. The summed E-state index contributed by atoms with van der Waals surface area (Å²) in [7, 11) is 3.15. The molecule has 1 amide bonds. The summed E-state index contributed by atoms with van der Waals surface area (Å²) in [5.41, 5.74) is 3.63. The van der Waals surface area contributed by atoms with Crippen molar-refractivity contribution in [2.45, 2.75) is 26.8 Å². The van der Waals surface area contributed by atoms with E-state index in [0.29, 0.717) is 22.7 Å². The van der Waals surface area contributed by atoms with Gasteiger partial charge in [0.2, 0.25) is 0 Å². The third-order valence-corrected chi connectivity index (χ3v) is 7.01. The molecule has 170 valence electrons. The van der Waals surface area contributed by atoms with Crippen LogP contribution in [0.15, 0.2) is 53.4 Å². The predicted molar refractivity (Wildman–Crippen MR) is 129 cm³/mol. The molecule has 0 bridgehead atoms. The fourth-order valence-corrected chi connectivity index (χ4v) is 5.19.